The Kier molecular flexibility index (Phi) is 61.9. The van der Waals surface area contributed by atoms with Crippen LogP contribution >= 0.6 is 7.82 Å². The molecule has 0 heterocycles. The van der Waals surface area contributed by atoms with Gasteiger partial charge in [-0.1, -0.05) is 328 Å². The number of rotatable bonds is 65. The highest BCUT2D eigenvalue weighted by atomic mass is 31.2. The van der Waals surface area contributed by atoms with Gasteiger partial charge in [-0.15, -0.1) is 0 Å². The molecule has 0 aliphatic carbocycles. The zero-order valence-corrected chi connectivity index (χ0v) is 51.7. The number of hydrogen-bond donors (Lipinski definition) is 2. The molecule has 10 heteroatoms. The van der Waals surface area contributed by atoms with Gasteiger partial charge in [0, 0.05) is 19.4 Å². The summed E-state index contributed by atoms with van der Waals surface area (Å²) in [6, 6.07) is 0. The van der Waals surface area contributed by atoms with Gasteiger partial charge in [-0.3, -0.25) is 18.6 Å². The number of phosphoric ester groups is 1. The Morgan fingerprint density at radius 1 is 0.382 bits per heavy atom. The minimum Gasteiger partial charge on any atom is -0.462 e. The first-order chi connectivity index (χ1) is 37.3. The van der Waals surface area contributed by atoms with Crippen LogP contribution in [-0.2, 0) is 32.7 Å². The second kappa shape index (κ2) is 62.9. The fourth-order valence-corrected chi connectivity index (χ4v) is 11.2. The monoisotopic (exact) mass is 1100 g/mol. The summed E-state index contributed by atoms with van der Waals surface area (Å²) < 4.78 is 33.0. The SMILES string of the molecule is CCCCCCCC/C=C\CCCCCCCC(=O)OC(COC(=O)CCCCCCCCCCCCCCCCCCCCCCCCCCCCCCCCCCCCCCCCCC)COP(=O)(O)OCCN. The average molecular weight is 1100 g/mol. The van der Waals surface area contributed by atoms with Crippen LogP contribution in [0, 0.1) is 0 Å². The lowest BCUT2D eigenvalue weighted by atomic mass is 10.0. The Morgan fingerprint density at radius 3 is 0.934 bits per heavy atom. The standard InChI is InChI=1S/C66H130NO8P/c1-3-5-7-9-11-13-15-17-19-20-21-22-23-24-25-26-27-28-29-30-31-32-33-34-35-36-37-38-39-40-41-42-43-45-46-48-50-52-54-56-58-65(68)72-62-64(63-74-76(70,71)73-61-60-67)75-66(69)59-57-55-53-51-49-47-44-18-16-14-12-10-8-6-4-2/h18,44,64H,3-17,19-43,45-63,67H2,1-2H3,(H,70,71)/b44-18-. The summed E-state index contributed by atoms with van der Waals surface area (Å²) >= 11 is 0. The molecule has 0 aromatic rings. The summed E-state index contributed by atoms with van der Waals surface area (Å²) in [7, 11) is -4.38. The highest BCUT2D eigenvalue weighted by molar-refractivity contribution is 7.47. The lowest BCUT2D eigenvalue weighted by Crippen LogP contribution is -2.29. The van der Waals surface area contributed by atoms with Crippen LogP contribution in [-0.4, -0.2) is 49.3 Å². The molecule has 9 nitrogen and oxygen atoms in total. The van der Waals surface area contributed by atoms with E-state index in [4.69, 9.17) is 24.3 Å². The molecule has 0 fully saturated rings. The highest BCUT2D eigenvalue weighted by Crippen LogP contribution is 2.43. The Bertz CT molecular complexity index is 1250. The molecule has 452 valence electrons. The first-order valence-electron chi connectivity index (χ1n) is 33.7. The molecule has 0 saturated heterocycles. The van der Waals surface area contributed by atoms with E-state index in [1.165, 1.54) is 283 Å². The van der Waals surface area contributed by atoms with E-state index in [0.29, 0.717) is 6.42 Å². The number of hydrogen-bond acceptors (Lipinski definition) is 8. The summed E-state index contributed by atoms with van der Waals surface area (Å²) in [5.74, 6) is -0.818. The fourth-order valence-electron chi connectivity index (χ4n) is 10.4. The van der Waals surface area contributed by atoms with Crippen molar-refractivity contribution in [3.8, 4) is 0 Å². The van der Waals surface area contributed by atoms with Gasteiger partial charge in [0.1, 0.15) is 6.61 Å². The number of esters is 2. The van der Waals surface area contributed by atoms with E-state index >= 15 is 0 Å². The molecule has 2 unspecified atom stereocenters. The maximum Gasteiger partial charge on any atom is 0.472 e. The third kappa shape index (κ3) is 62.0. The van der Waals surface area contributed by atoms with Crippen LogP contribution in [0.2, 0.25) is 0 Å². The molecule has 76 heavy (non-hydrogen) atoms. The molecule has 0 saturated carbocycles. The smallest absolute Gasteiger partial charge is 0.462 e. The molecule has 0 rings (SSSR count). The summed E-state index contributed by atoms with van der Waals surface area (Å²) in [4.78, 5) is 35.2. The van der Waals surface area contributed by atoms with E-state index in [2.05, 4.69) is 26.0 Å². The number of carbonyl (C=O) groups excluding carboxylic acids is 2. The quantitative estimate of drug-likeness (QED) is 0.0264. The van der Waals surface area contributed by atoms with Gasteiger partial charge in [0.2, 0.25) is 0 Å². The Labute approximate surface area is 472 Å². The van der Waals surface area contributed by atoms with Crippen molar-refractivity contribution in [3.05, 3.63) is 12.2 Å². The molecule has 0 amide bonds. The van der Waals surface area contributed by atoms with E-state index in [-0.39, 0.29) is 38.6 Å². The number of phosphoric acid groups is 1. The molecule has 0 aromatic heterocycles. The lowest BCUT2D eigenvalue weighted by Gasteiger charge is -2.19. The van der Waals surface area contributed by atoms with Gasteiger partial charge >= 0.3 is 19.8 Å². The Morgan fingerprint density at radius 2 is 0.645 bits per heavy atom. The predicted molar refractivity (Wildman–Crippen MR) is 326 cm³/mol. The van der Waals surface area contributed by atoms with E-state index in [0.717, 1.165) is 51.4 Å². The number of allylic oxidation sites excluding steroid dienone is 2. The zero-order chi connectivity index (χ0) is 55.2. The van der Waals surface area contributed by atoms with Crippen molar-refractivity contribution in [1.82, 2.24) is 0 Å². The van der Waals surface area contributed by atoms with Crippen LogP contribution in [0.25, 0.3) is 0 Å². The topological polar surface area (TPSA) is 134 Å². The maximum absolute atomic E-state index is 12.7. The highest BCUT2D eigenvalue weighted by Gasteiger charge is 2.26. The van der Waals surface area contributed by atoms with Crippen LogP contribution < -0.4 is 5.73 Å². The zero-order valence-electron chi connectivity index (χ0n) is 50.8. The Hall–Kier alpha value is -1.25. The normalized spacial score (nSPS) is 12.9. The molecular weight excluding hydrogens is 966 g/mol. The van der Waals surface area contributed by atoms with Gasteiger partial charge in [0.15, 0.2) is 6.10 Å². The molecule has 3 N–H and O–H groups in total. The molecule has 0 spiro atoms. The maximum atomic E-state index is 12.7. The average Bonchev–Trinajstić information content (AvgIpc) is 3.41. The minimum absolute atomic E-state index is 0.0553. The largest absolute Gasteiger partial charge is 0.472 e. The summed E-state index contributed by atoms with van der Waals surface area (Å²) in [5, 5.41) is 0. The van der Waals surface area contributed by atoms with Crippen LogP contribution in [0.5, 0.6) is 0 Å². The number of nitrogens with two attached hydrogens (primary N) is 1. The van der Waals surface area contributed by atoms with Crippen molar-refractivity contribution in [2.75, 3.05) is 26.4 Å². The van der Waals surface area contributed by atoms with Gasteiger partial charge in [0.25, 0.3) is 0 Å². The second-order valence-electron chi connectivity index (χ2n) is 23.1. The van der Waals surface area contributed by atoms with Crippen molar-refractivity contribution in [2.24, 2.45) is 5.73 Å². The molecule has 0 aliphatic rings. The summed E-state index contributed by atoms with van der Waals surface area (Å²) in [5.41, 5.74) is 5.38. The van der Waals surface area contributed by atoms with Crippen molar-refractivity contribution in [3.63, 3.8) is 0 Å². The van der Waals surface area contributed by atoms with Gasteiger partial charge in [-0.05, 0) is 38.5 Å². The Balaban J connectivity index is 3.68. The van der Waals surface area contributed by atoms with E-state index in [1.54, 1.807) is 0 Å². The van der Waals surface area contributed by atoms with Crippen molar-refractivity contribution in [1.29, 1.82) is 0 Å². The minimum atomic E-state index is -4.38. The van der Waals surface area contributed by atoms with Crippen LogP contribution in [0.1, 0.15) is 367 Å². The van der Waals surface area contributed by atoms with E-state index in [9.17, 15) is 19.0 Å². The summed E-state index contributed by atoms with van der Waals surface area (Å²) in [6.07, 6.45) is 74.8. The van der Waals surface area contributed by atoms with Gasteiger partial charge in [-0.25, -0.2) is 4.57 Å². The second-order valence-corrected chi connectivity index (χ2v) is 24.5. The summed E-state index contributed by atoms with van der Waals surface area (Å²) in [6.45, 7) is 3.79. The molecular formula is C66H130NO8P. The number of carbonyl (C=O) groups is 2. The molecule has 0 aromatic carbocycles. The van der Waals surface area contributed by atoms with Crippen molar-refractivity contribution >= 4 is 19.8 Å². The van der Waals surface area contributed by atoms with Gasteiger partial charge in [-0.2, -0.15) is 0 Å². The fraction of sp³-hybridized carbons (Fsp3) is 0.939. The lowest BCUT2D eigenvalue weighted by molar-refractivity contribution is -0.161. The molecule has 0 radical (unpaired) electrons. The number of ether oxygens (including phenoxy) is 2. The predicted octanol–water partition coefficient (Wildman–Crippen LogP) is 21.6. The van der Waals surface area contributed by atoms with Crippen LogP contribution in [0.3, 0.4) is 0 Å². The molecule has 0 aliphatic heterocycles. The van der Waals surface area contributed by atoms with Crippen molar-refractivity contribution in [2.45, 2.75) is 373 Å². The number of unbranched alkanes of at least 4 members (excludes halogenated alkanes) is 50. The van der Waals surface area contributed by atoms with Crippen LogP contribution in [0.15, 0.2) is 12.2 Å². The van der Waals surface area contributed by atoms with E-state index in [1.807, 2.05) is 0 Å². The third-order valence-corrected chi connectivity index (χ3v) is 16.4. The molecule has 0 bridgehead atoms. The molecule has 2 atom stereocenters. The van der Waals surface area contributed by atoms with Gasteiger partial charge < -0.3 is 20.1 Å². The third-order valence-electron chi connectivity index (χ3n) is 15.4. The van der Waals surface area contributed by atoms with E-state index < -0.39 is 26.5 Å². The first kappa shape index (κ1) is 74.8. The van der Waals surface area contributed by atoms with Gasteiger partial charge in [0.05, 0.1) is 13.2 Å². The first-order valence-corrected chi connectivity index (χ1v) is 35.2. The van der Waals surface area contributed by atoms with Crippen molar-refractivity contribution < 1.29 is 37.6 Å². The van der Waals surface area contributed by atoms with Crippen LogP contribution in [0.4, 0.5) is 0 Å².